The van der Waals surface area contributed by atoms with Crippen LogP contribution < -0.4 is 10.1 Å². The third-order valence-corrected chi connectivity index (χ3v) is 6.44. The number of ether oxygens (including phenoxy) is 2. The summed E-state index contributed by atoms with van der Waals surface area (Å²) >= 11 is 1.16. The second-order valence-electron chi connectivity index (χ2n) is 6.31. The van der Waals surface area contributed by atoms with Gasteiger partial charge in [0.25, 0.3) is 5.91 Å². The minimum atomic E-state index is -1.15. The van der Waals surface area contributed by atoms with Crippen LogP contribution in [0, 0.1) is 5.41 Å². The molecular formula is C20H22N4O5S2. The third kappa shape index (κ3) is 6.14. The molecule has 3 rings (SSSR count). The van der Waals surface area contributed by atoms with E-state index in [0.29, 0.717) is 50.6 Å². The van der Waals surface area contributed by atoms with Gasteiger partial charge in [0.05, 0.1) is 17.4 Å². The van der Waals surface area contributed by atoms with Crippen LogP contribution in [-0.2, 0) is 20.3 Å². The number of nitrogens with zero attached hydrogens (tertiary/aromatic N) is 2. The van der Waals surface area contributed by atoms with Crippen molar-refractivity contribution in [1.29, 1.82) is 5.41 Å². The van der Waals surface area contributed by atoms with E-state index in [-0.39, 0.29) is 18.9 Å². The Balaban J connectivity index is 1.63. The standard InChI is InChI=1S/C20H22N4O5S2/c1-28-10-2-12-31(27)14-5-3-13(4-6-14)17(21)18(26)24-20-22-15-7-8-16(29-11-9-25)23-19(15)30-20/h3-8,21,25H,2,9-12H2,1H3,(H,22,24,26). The molecule has 0 bridgehead atoms. The van der Waals surface area contributed by atoms with E-state index in [1.807, 2.05) is 0 Å². The zero-order chi connectivity index (χ0) is 22.2. The molecule has 164 valence electrons. The topological polar surface area (TPSA) is 134 Å². The van der Waals surface area contributed by atoms with E-state index in [9.17, 15) is 9.00 Å². The number of methoxy groups -OCH3 is 1. The quantitative estimate of drug-likeness (QED) is 0.294. The first-order valence-electron chi connectivity index (χ1n) is 9.40. The molecule has 3 aromatic rings. The van der Waals surface area contributed by atoms with E-state index in [4.69, 9.17) is 20.0 Å². The fraction of sp³-hybridized carbons (Fsp3) is 0.300. The number of hydrogen-bond donors (Lipinski definition) is 3. The number of aliphatic hydroxyl groups excluding tert-OH is 1. The van der Waals surface area contributed by atoms with Gasteiger partial charge in [0.2, 0.25) is 5.88 Å². The summed E-state index contributed by atoms with van der Waals surface area (Å²) in [7, 11) is 0.449. The predicted molar refractivity (Wildman–Crippen MR) is 120 cm³/mol. The van der Waals surface area contributed by atoms with Crippen molar-refractivity contribution >= 4 is 49.2 Å². The molecule has 31 heavy (non-hydrogen) atoms. The predicted octanol–water partition coefficient (Wildman–Crippen LogP) is 2.21. The molecule has 11 heteroatoms. The molecule has 0 saturated carbocycles. The Hall–Kier alpha value is -2.73. The largest absolute Gasteiger partial charge is 0.475 e. The molecule has 1 atom stereocenters. The summed E-state index contributed by atoms with van der Waals surface area (Å²) < 4.78 is 22.5. The fourth-order valence-corrected chi connectivity index (χ4v) is 4.48. The average Bonchev–Trinajstić information content (AvgIpc) is 3.18. The molecule has 0 aliphatic rings. The Morgan fingerprint density at radius 2 is 1.97 bits per heavy atom. The zero-order valence-electron chi connectivity index (χ0n) is 16.8. The number of amides is 1. The van der Waals surface area contributed by atoms with Crippen LogP contribution in [0.25, 0.3) is 10.3 Å². The maximum Gasteiger partial charge on any atom is 0.275 e. The van der Waals surface area contributed by atoms with Crippen LogP contribution in [0.15, 0.2) is 41.3 Å². The summed E-state index contributed by atoms with van der Waals surface area (Å²) in [5.41, 5.74) is 0.772. The minimum absolute atomic E-state index is 0.115. The van der Waals surface area contributed by atoms with Gasteiger partial charge in [-0.05, 0) is 24.6 Å². The summed E-state index contributed by atoms with van der Waals surface area (Å²) in [6.07, 6.45) is 0.690. The van der Waals surface area contributed by atoms with E-state index in [1.54, 1.807) is 43.5 Å². The number of pyridine rings is 1. The van der Waals surface area contributed by atoms with E-state index >= 15 is 0 Å². The summed E-state index contributed by atoms with van der Waals surface area (Å²) in [6, 6.07) is 9.88. The first-order chi connectivity index (χ1) is 15.0. The molecule has 1 unspecified atom stereocenters. The normalized spacial score (nSPS) is 11.9. The monoisotopic (exact) mass is 462 g/mol. The Labute approximate surface area is 185 Å². The van der Waals surface area contributed by atoms with Gasteiger partial charge in [0.1, 0.15) is 22.7 Å². The number of aliphatic hydroxyl groups is 1. The Bertz CT molecular complexity index is 1080. The van der Waals surface area contributed by atoms with Crippen LogP contribution in [0.5, 0.6) is 5.88 Å². The number of aromatic nitrogens is 2. The minimum Gasteiger partial charge on any atom is -0.475 e. The molecular weight excluding hydrogens is 440 g/mol. The first kappa shape index (κ1) is 22.9. The second-order valence-corrected chi connectivity index (χ2v) is 8.86. The van der Waals surface area contributed by atoms with Gasteiger partial charge < -0.3 is 14.6 Å². The number of rotatable bonds is 11. The van der Waals surface area contributed by atoms with E-state index in [2.05, 4.69) is 15.3 Å². The average molecular weight is 463 g/mol. The highest BCUT2D eigenvalue weighted by molar-refractivity contribution is 7.85. The number of benzene rings is 1. The molecule has 2 heterocycles. The van der Waals surface area contributed by atoms with Gasteiger partial charge >= 0.3 is 0 Å². The molecule has 3 N–H and O–H groups in total. The van der Waals surface area contributed by atoms with Crippen molar-refractivity contribution in [3.05, 3.63) is 42.0 Å². The van der Waals surface area contributed by atoms with Gasteiger partial charge in [0, 0.05) is 36.0 Å². The lowest BCUT2D eigenvalue weighted by Crippen LogP contribution is -2.22. The van der Waals surface area contributed by atoms with E-state index in [0.717, 1.165) is 11.3 Å². The van der Waals surface area contributed by atoms with Gasteiger partial charge in [-0.15, -0.1) is 0 Å². The van der Waals surface area contributed by atoms with Crippen molar-refractivity contribution in [1.82, 2.24) is 9.97 Å². The molecule has 2 aromatic heterocycles. The highest BCUT2D eigenvalue weighted by Gasteiger charge is 2.16. The number of nitrogens with one attached hydrogen (secondary N) is 2. The lowest BCUT2D eigenvalue weighted by molar-refractivity contribution is -0.110. The number of anilines is 1. The number of carbonyl (C=O) groups excluding carboxylic acids is 1. The molecule has 0 aliphatic carbocycles. The number of carbonyl (C=O) groups is 1. The lowest BCUT2D eigenvalue weighted by atomic mass is 10.1. The molecule has 9 nitrogen and oxygen atoms in total. The van der Waals surface area contributed by atoms with Crippen molar-refractivity contribution in [3.8, 4) is 5.88 Å². The second kappa shape index (κ2) is 11.0. The molecule has 1 amide bonds. The summed E-state index contributed by atoms with van der Waals surface area (Å²) in [4.78, 5) is 22.3. The number of fused-ring (bicyclic) bond motifs is 1. The van der Waals surface area contributed by atoms with Crippen LogP contribution in [0.2, 0.25) is 0 Å². The van der Waals surface area contributed by atoms with Gasteiger partial charge in [-0.25, -0.2) is 9.97 Å². The van der Waals surface area contributed by atoms with Crippen molar-refractivity contribution in [3.63, 3.8) is 0 Å². The van der Waals surface area contributed by atoms with Crippen LogP contribution in [0.4, 0.5) is 5.13 Å². The maximum atomic E-state index is 12.5. The van der Waals surface area contributed by atoms with Gasteiger partial charge in [0.15, 0.2) is 5.13 Å². The highest BCUT2D eigenvalue weighted by atomic mass is 32.2. The number of hydrogen-bond acceptors (Lipinski definition) is 9. The summed E-state index contributed by atoms with van der Waals surface area (Å²) in [5.74, 6) is 0.240. The van der Waals surface area contributed by atoms with E-state index in [1.165, 1.54) is 0 Å². The Kier molecular flexibility index (Phi) is 8.18. The number of thiazole rings is 1. The Morgan fingerprint density at radius 3 is 2.68 bits per heavy atom. The smallest absolute Gasteiger partial charge is 0.275 e. The fourth-order valence-electron chi connectivity index (χ4n) is 2.60. The highest BCUT2D eigenvalue weighted by Crippen LogP contribution is 2.26. The van der Waals surface area contributed by atoms with Gasteiger partial charge in [-0.2, -0.15) is 0 Å². The third-order valence-electron chi connectivity index (χ3n) is 4.10. The summed E-state index contributed by atoms with van der Waals surface area (Å²) in [6.45, 7) is 0.570. The first-order valence-corrected chi connectivity index (χ1v) is 11.5. The zero-order valence-corrected chi connectivity index (χ0v) is 18.4. The molecule has 1 aromatic carbocycles. The molecule has 0 fully saturated rings. The molecule has 0 saturated heterocycles. The van der Waals surface area contributed by atoms with Crippen molar-refractivity contribution in [2.45, 2.75) is 11.3 Å². The van der Waals surface area contributed by atoms with Crippen LogP contribution in [0.1, 0.15) is 12.0 Å². The SMILES string of the molecule is COCCCS(=O)c1ccc(C(=N)C(=O)Nc2nc3ccc(OCCO)nc3s2)cc1. The lowest BCUT2D eigenvalue weighted by Gasteiger charge is -2.06. The van der Waals surface area contributed by atoms with Crippen LogP contribution >= 0.6 is 11.3 Å². The maximum absolute atomic E-state index is 12.5. The van der Waals surface area contributed by atoms with Gasteiger partial charge in [-0.3, -0.25) is 19.7 Å². The van der Waals surface area contributed by atoms with Gasteiger partial charge in [-0.1, -0.05) is 23.5 Å². The van der Waals surface area contributed by atoms with Crippen molar-refractivity contribution in [2.75, 3.05) is 38.0 Å². The molecule has 0 radical (unpaired) electrons. The van der Waals surface area contributed by atoms with Crippen molar-refractivity contribution < 1.29 is 23.6 Å². The van der Waals surface area contributed by atoms with Crippen LogP contribution in [-0.4, -0.2) is 63.6 Å². The summed E-state index contributed by atoms with van der Waals surface area (Å²) in [5, 5.41) is 19.9. The molecule has 0 aliphatic heterocycles. The van der Waals surface area contributed by atoms with E-state index < -0.39 is 16.7 Å². The van der Waals surface area contributed by atoms with Crippen molar-refractivity contribution in [2.24, 2.45) is 0 Å². The molecule has 0 spiro atoms. The Morgan fingerprint density at radius 1 is 1.19 bits per heavy atom. The van der Waals surface area contributed by atoms with Crippen LogP contribution in [0.3, 0.4) is 0 Å².